The van der Waals surface area contributed by atoms with Crippen molar-refractivity contribution in [1.29, 1.82) is 10.5 Å². The number of nitrogens with zero attached hydrogens (tertiary/aromatic N) is 4. The predicted molar refractivity (Wildman–Crippen MR) is 225 cm³/mol. The number of nitriles is 2. The lowest BCUT2D eigenvalue weighted by Gasteiger charge is -2.14. The molecule has 0 bridgehead atoms. The molecule has 0 aliphatic rings. The van der Waals surface area contributed by atoms with Crippen LogP contribution in [0.3, 0.4) is 0 Å². The van der Waals surface area contributed by atoms with Crippen molar-refractivity contribution in [3.63, 3.8) is 0 Å². The zero-order chi connectivity index (χ0) is 37.1. The minimum atomic E-state index is 0.471. The van der Waals surface area contributed by atoms with E-state index in [2.05, 4.69) is 81.9 Å². The fourth-order valence-electron chi connectivity index (χ4n) is 9.01. The Hall–Kier alpha value is -8.06. The van der Waals surface area contributed by atoms with Crippen LogP contribution in [-0.2, 0) is 0 Å². The average Bonchev–Trinajstić information content (AvgIpc) is 4.01. The van der Waals surface area contributed by atoms with Crippen molar-refractivity contribution in [3.05, 3.63) is 169 Å². The quantitative estimate of drug-likeness (QED) is 0.182. The standard InChI is InChI=1S/C50H26N4O2/c51-27-29-25-31(53-43-14-6-2-12-41(43)47-44(53)24-23-39-36-10-3-7-15-45(36)55-49(39)47)17-19-33(29)34-20-18-32(26-30(34)28-52)54-42-13-5-1-9-35(42)38-21-22-40-37-11-4-8-16-46(37)56-50(40)48(38)54/h1-26H. The highest BCUT2D eigenvalue weighted by atomic mass is 16.3. The fourth-order valence-corrected chi connectivity index (χ4v) is 9.01. The van der Waals surface area contributed by atoms with E-state index < -0.39 is 0 Å². The number of furan rings is 2. The molecule has 0 atom stereocenters. The van der Waals surface area contributed by atoms with Crippen LogP contribution in [0.15, 0.2) is 167 Å². The molecule has 6 heteroatoms. The molecule has 56 heavy (non-hydrogen) atoms. The van der Waals surface area contributed by atoms with Gasteiger partial charge < -0.3 is 18.0 Å². The Kier molecular flexibility index (Phi) is 6.10. The molecule has 0 fully saturated rings. The molecule has 6 nitrogen and oxygen atoms in total. The Morgan fingerprint density at radius 2 is 0.893 bits per heavy atom. The summed E-state index contributed by atoms with van der Waals surface area (Å²) in [6.45, 7) is 0. The van der Waals surface area contributed by atoms with E-state index in [0.29, 0.717) is 22.3 Å². The number of hydrogen-bond donors (Lipinski definition) is 0. The number of hydrogen-bond acceptors (Lipinski definition) is 4. The third-order valence-electron chi connectivity index (χ3n) is 11.4. The molecule has 0 radical (unpaired) electrons. The lowest BCUT2D eigenvalue weighted by atomic mass is 9.95. The van der Waals surface area contributed by atoms with Crippen LogP contribution in [0.4, 0.5) is 0 Å². The van der Waals surface area contributed by atoms with Gasteiger partial charge in [-0.2, -0.15) is 10.5 Å². The highest BCUT2D eigenvalue weighted by molar-refractivity contribution is 6.24. The summed E-state index contributed by atoms with van der Waals surface area (Å²) in [5.41, 5.74) is 11.3. The van der Waals surface area contributed by atoms with E-state index in [0.717, 1.165) is 98.9 Å². The van der Waals surface area contributed by atoms with E-state index in [1.807, 2.05) is 97.1 Å². The Balaban J connectivity index is 1.04. The Labute approximate surface area is 318 Å². The lowest BCUT2D eigenvalue weighted by Crippen LogP contribution is -1.98. The first-order valence-corrected chi connectivity index (χ1v) is 18.5. The molecule has 4 heterocycles. The molecule has 0 N–H and O–H groups in total. The van der Waals surface area contributed by atoms with E-state index in [1.165, 1.54) is 0 Å². The van der Waals surface area contributed by atoms with Gasteiger partial charge in [0.2, 0.25) is 0 Å². The second-order valence-electron chi connectivity index (χ2n) is 14.3. The van der Waals surface area contributed by atoms with Gasteiger partial charge in [-0.05, 0) is 66.7 Å². The summed E-state index contributed by atoms with van der Waals surface area (Å²) < 4.78 is 17.4. The number of para-hydroxylation sites is 4. The number of aromatic nitrogens is 2. The van der Waals surface area contributed by atoms with E-state index in [1.54, 1.807) is 0 Å². The highest BCUT2D eigenvalue weighted by Gasteiger charge is 2.22. The van der Waals surface area contributed by atoms with Gasteiger partial charge in [0, 0.05) is 60.2 Å². The molecule has 0 amide bonds. The molecule has 0 spiro atoms. The molecule has 0 aliphatic heterocycles. The Bertz CT molecular complexity index is 3750. The summed E-state index contributed by atoms with van der Waals surface area (Å²) in [5, 5.41) is 29.8. The van der Waals surface area contributed by atoms with Crippen molar-refractivity contribution in [2.75, 3.05) is 0 Å². The largest absolute Gasteiger partial charge is 0.455 e. The van der Waals surface area contributed by atoms with Gasteiger partial charge >= 0.3 is 0 Å². The van der Waals surface area contributed by atoms with E-state index >= 15 is 0 Å². The van der Waals surface area contributed by atoms with Crippen molar-refractivity contribution in [3.8, 4) is 34.6 Å². The van der Waals surface area contributed by atoms with Gasteiger partial charge in [0.1, 0.15) is 16.7 Å². The fraction of sp³-hybridized carbons (Fsp3) is 0. The molecule has 0 aliphatic carbocycles. The normalized spacial score (nSPS) is 11.9. The van der Waals surface area contributed by atoms with Crippen LogP contribution < -0.4 is 0 Å². The molecule has 12 aromatic rings. The summed E-state index contributed by atoms with van der Waals surface area (Å²) in [7, 11) is 0. The second kappa shape index (κ2) is 11.2. The van der Waals surface area contributed by atoms with Crippen LogP contribution in [0, 0.1) is 22.7 Å². The van der Waals surface area contributed by atoms with Gasteiger partial charge in [-0.25, -0.2) is 0 Å². The van der Waals surface area contributed by atoms with E-state index in [4.69, 9.17) is 8.83 Å². The van der Waals surface area contributed by atoms with Crippen molar-refractivity contribution in [1.82, 2.24) is 9.13 Å². The van der Waals surface area contributed by atoms with Gasteiger partial charge in [-0.1, -0.05) is 91.0 Å². The van der Waals surface area contributed by atoms with Gasteiger partial charge in [-0.3, -0.25) is 0 Å². The lowest BCUT2D eigenvalue weighted by molar-refractivity contribution is 0.671. The maximum atomic E-state index is 10.7. The third kappa shape index (κ3) is 4.02. The first-order chi connectivity index (χ1) is 27.7. The number of fused-ring (bicyclic) bond motifs is 14. The second-order valence-corrected chi connectivity index (χ2v) is 14.3. The molecular formula is C50H26N4O2. The van der Waals surface area contributed by atoms with Gasteiger partial charge in [0.15, 0.2) is 5.58 Å². The predicted octanol–water partition coefficient (Wildman–Crippen LogP) is 13.1. The SMILES string of the molecule is N#Cc1cc(-n2c3ccccc3c3c4oc5ccccc5c4ccc32)ccc1-c1ccc(-n2c3ccccc3c3ccc4c5ccccc5oc4c32)cc1C#N. The summed E-state index contributed by atoms with van der Waals surface area (Å²) >= 11 is 0. The van der Waals surface area contributed by atoms with Crippen LogP contribution in [0.5, 0.6) is 0 Å². The van der Waals surface area contributed by atoms with Crippen molar-refractivity contribution in [2.45, 2.75) is 0 Å². The molecule has 8 aromatic carbocycles. The zero-order valence-corrected chi connectivity index (χ0v) is 29.6. The zero-order valence-electron chi connectivity index (χ0n) is 29.6. The third-order valence-corrected chi connectivity index (χ3v) is 11.4. The van der Waals surface area contributed by atoms with Gasteiger partial charge in [0.05, 0.1) is 50.7 Å². The monoisotopic (exact) mass is 714 g/mol. The highest BCUT2D eigenvalue weighted by Crippen LogP contribution is 2.43. The minimum absolute atomic E-state index is 0.471. The van der Waals surface area contributed by atoms with Crippen molar-refractivity contribution < 1.29 is 8.83 Å². The smallest absolute Gasteiger partial charge is 0.160 e. The Morgan fingerprint density at radius 3 is 1.55 bits per heavy atom. The summed E-state index contributed by atoms with van der Waals surface area (Å²) in [5.74, 6) is 0. The average molecular weight is 715 g/mol. The van der Waals surface area contributed by atoms with Crippen molar-refractivity contribution >= 4 is 87.5 Å². The molecule has 258 valence electrons. The molecule has 12 rings (SSSR count). The van der Waals surface area contributed by atoms with Gasteiger partial charge in [0.25, 0.3) is 0 Å². The Morgan fingerprint density at radius 1 is 0.393 bits per heavy atom. The van der Waals surface area contributed by atoms with Crippen LogP contribution in [0.2, 0.25) is 0 Å². The number of rotatable bonds is 3. The van der Waals surface area contributed by atoms with Crippen LogP contribution >= 0.6 is 0 Å². The van der Waals surface area contributed by atoms with Crippen LogP contribution in [0.1, 0.15) is 11.1 Å². The van der Waals surface area contributed by atoms with E-state index in [-0.39, 0.29) is 0 Å². The van der Waals surface area contributed by atoms with Crippen LogP contribution in [-0.4, -0.2) is 9.13 Å². The maximum Gasteiger partial charge on any atom is 0.160 e. The van der Waals surface area contributed by atoms with Crippen LogP contribution in [0.25, 0.3) is 110 Å². The molecule has 0 saturated carbocycles. The summed E-state index contributed by atoms with van der Waals surface area (Å²) in [6.07, 6.45) is 0. The van der Waals surface area contributed by atoms with E-state index in [9.17, 15) is 10.5 Å². The first kappa shape index (κ1) is 30.4. The van der Waals surface area contributed by atoms with Gasteiger partial charge in [-0.15, -0.1) is 0 Å². The summed E-state index contributed by atoms with van der Waals surface area (Å²) in [4.78, 5) is 0. The topological polar surface area (TPSA) is 83.7 Å². The summed E-state index contributed by atoms with van der Waals surface area (Å²) in [6, 6.07) is 58.1. The molecular weight excluding hydrogens is 689 g/mol. The molecule has 4 aromatic heterocycles. The number of benzene rings is 8. The molecule has 0 unspecified atom stereocenters. The first-order valence-electron chi connectivity index (χ1n) is 18.5. The minimum Gasteiger partial charge on any atom is -0.455 e. The molecule has 0 saturated heterocycles. The van der Waals surface area contributed by atoms with Crippen molar-refractivity contribution in [2.24, 2.45) is 0 Å². The maximum absolute atomic E-state index is 10.7.